The number of carbonyl (C=O) groups excluding carboxylic acids is 2. The Morgan fingerprint density at radius 1 is 1.08 bits per heavy atom. The summed E-state index contributed by atoms with van der Waals surface area (Å²) in [5.41, 5.74) is 4.27. The topological polar surface area (TPSA) is 71.3 Å². The smallest absolute Gasteiger partial charge is 0.416 e. The summed E-state index contributed by atoms with van der Waals surface area (Å²) in [6.07, 6.45) is -0.651. The van der Waals surface area contributed by atoms with Crippen molar-refractivity contribution in [2.24, 2.45) is 0 Å². The highest BCUT2D eigenvalue weighted by Gasteiger charge is 2.29. The molecule has 2 aromatic rings. The summed E-state index contributed by atoms with van der Waals surface area (Å²) >= 11 is 0. The van der Waals surface area contributed by atoms with Crippen LogP contribution in [0, 0.1) is 6.92 Å². The van der Waals surface area contributed by atoms with E-state index in [1.54, 1.807) is 6.92 Å². The number of furan rings is 1. The number of aryl methyl sites for hydroxylation is 1. The molecule has 0 atom stereocenters. The molecule has 0 aliphatic rings. The first-order valence-corrected chi connectivity index (χ1v) is 6.77. The number of benzene rings is 1. The summed E-state index contributed by atoms with van der Waals surface area (Å²) < 4.78 is 42.2. The molecular formula is C16H13F3N2O3. The van der Waals surface area contributed by atoms with Gasteiger partial charge in [0.15, 0.2) is 0 Å². The Morgan fingerprint density at radius 3 is 2.29 bits per heavy atom. The molecule has 1 heterocycles. The third kappa shape index (κ3) is 4.48. The van der Waals surface area contributed by atoms with Gasteiger partial charge in [-0.15, -0.1) is 0 Å². The van der Waals surface area contributed by atoms with Gasteiger partial charge >= 0.3 is 6.18 Å². The predicted octanol–water partition coefficient (Wildman–Crippen LogP) is 3.08. The van der Waals surface area contributed by atoms with Crippen molar-refractivity contribution in [3.8, 4) is 0 Å². The molecule has 0 bridgehead atoms. The second kappa shape index (κ2) is 7.03. The average Bonchev–Trinajstić information content (AvgIpc) is 2.96. The van der Waals surface area contributed by atoms with Crippen molar-refractivity contribution in [2.45, 2.75) is 13.1 Å². The Balaban J connectivity index is 1.89. The van der Waals surface area contributed by atoms with Crippen LogP contribution < -0.4 is 10.9 Å². The van der Waals surface area contributed by atoms with Crippen molar-refractivity contribution in [2.75, 3.05) is 0 Å². The zero-order valence-corrected chi connectivity index (χ0v) is 12.5. The fourth-order valence-electron chi connectivity index (χ4n) is 1.80. The first kappa shape index (κ1) is 17.3. The summed E-state index contributed by atoms with van der Waals surface area (Å²) in [5, 5.41) is 0. The van der Waals surface area contributed by atoms with Gasteiger partial charge in [-0.2, -0.15) is 13.2 Å². The Bertz CT molecular complexity index is 762. The highest BCUT2D eigenvalue weighted by molar-refractivity contribution is 5.98. The maximum absolute atomic E-state index is 12.4. The largest absolute Gasteiger partial charge is 0.469 e. The molecule has 2 N–H and O–H groups in total. The molecule has 0 saturated carbocycles. The second-order valence-electron chi connectivity index (χ2n) is 4.79. The van der Waals surface area contributed by atoms with E-state index in [1.165, 1.54) is 30.5 Å². The third-order valence-electron chi connectivity index (χ3n) is 3.07. The van der Waals surface area contributed by atoms with Crippen molar-refractivity contribution < 1.29 is 27.2 Å². The van der Waals surface area contributed by atoms with Gasteiger partial charge in [0.1, 0.15) is 5.76 Å². The third-order valence-corrected chi connectivity index (χ3v) is 3.07. The maximum Gasteiger partial charge on any atom is 0.416 e. The van der Waals surface area contributed by atoms with E-state index < -0.39 is 23.6 Å². The van der Waals surface area contributed by atoms with E-state index in [4.69, 9.17) is 4.42 Å². The normalized spacial score (nSPS) is 11.5. The van der Waals surface area contributed by atoms with Crippen molar-refractivity contribution in [3.63, 3.8) is 0 Å². The molecular weight excluding hydrogens is 325 g/mol. The first-order chi connectivity index (χ1) is 11.3. The zero-order chi connectivity index (χ0) is 17.7. The molecule has 2 amide bonds. The van der Waals surface area contributed by atoms with Gasteiger partial charge in [0, 0.05) is 6.08 Å². The lowest BCUT2D eigenvalue weighted by atomic mass is 10.1. The molecule has 126 valence electrons. The number of hydrogen-bond acceptors (Lipinski definition) is 3. The fraction of sp³-hybridized carbons (Fsp3) is 0.125. The van der Waals surface area contributed by atoms with E-state index in [9.17, 15) is 22.8 Å². The summed E-state index contributed by atoms with van der Waals surface area (Å²) in [6.45, 7) is 1.60. The van der Waals surface area contributed by atoms with Crippen LogP contribution in [-0.2, 0) is 11.0 Å². The summed E-state index contributed by atoms with van der Waals surface area (Å²) in [4.78, 5) is 23.3. The molecule has 2 rings (SSSR count). The van der Waals surface area contributed by atoms with Gasteiger partial charge in [0.25, 0.3) is 11.8 Å². The summed E-state index contributed by atoms with van der Waals surface area (Å²) in [5.74, 6) is -0.774. The van der Waals surface area contributed by atoms with Crippen LogP contribution in [-0.4, -0.2) is 11.8 Å². The summed E-state index contributed by atoms with van der Waals surface area (Å²) in [7, 11) is 0. The lowest BCUT2D eigenvalue weighted by Crippen LogP contribution is -2.40. The minimum Gasteiger partial charge on any atom is -0.469 e. The van der Waals surface area contributed by atoms with Gasteiger partial charge in [-0.05, 0) is 36.8 Å². The molecule has 0 spiro atoms. The second-order valence-corrected chi connectivity index (χ2v) is 4.79. The van der Waals surface area contributed by atoms with Crippen LogP contribution in [0.4, 0.5) is 13.2 Å². The number of rotatable bonds is 3. The van der Waals surface area contributed by atoms with Crippen molar-refractivity contribution in [1.82, 2.24) is 10.9 Å². The highest BCUT2D eigenvalue weighted by Crippen LogP contribution is 2.29. The van der Waals surface area contributed by atoms with Gasteiger partial charge in [-0.3, -0.25) is 20.4 Å². The number of alkyl halides is 3. The van der Waals surface area contributed by atoms with Crippen LogP contribution in [0.5, 0.6) is 0 Å². The van der Waals surface area contributed by atoms with Crippen LogP contribution in [0.25, 0.3) is 6.08 Å². The lowest BCUT2D eigenvalue weighted by molar-refractivity contribution is -0.137. The van der Waals surface area contributed by atoms with Crippen molar-refractivity contribution >= 4 is 17.9 Å². The summed E-state index contributed by atoms with van der Waals surface area (Å²) in [6, 6.07) is 5.76. The maximum atomic E-state index is 12.4. The Labute approximate surface area is 135 Å². The fourth-order valence-corrected chi connectivity index (χ4v) is 1.80. The molecule has 0 saturated heterocycles. The van der Waals surface area contributed by atoms with Gasteiger partial charge in [0.05, 0.1) is 17.4 Å². The Morgan fingerprint density at radius 2 is 1.75 bits per heavy atom. The molecule has 0 aliphatic heterocycles. The van der Waals surface area contributed by atoms with Crippen LogP contribution in [0.15, 0.2) is 47.1 Å². The quantitative estimate of drug-likeness (QED) is 0.667. The molecule has 0 aliphatic carbocycles. The number of amides is 2. The van der Waals surface area contributed by atoms with Crippen molar-refractivity contribution in [3.05, 3.63) is 65.1 Å². The molecule has 5 nitrogen and oxygen atoms in total. The SMILES string of the molecule is Cc1occc1C(=O)NNC(=O)/C=C/c1ccc(C(F)(F)F)cc1. The predicted molar refractivity (Wildman–Crippen MR) is 79.5 cm³/mol. The van der Waals surface area contributed by atoms with Crippen LogP contribution in [0.3, 0.4) is 0 Å². The van der Waals surface area contributed by atoms with Crippen molar-refractivity contribution in [1.29, 1.82) is 0 Å². The van der Waals surface area contributed by atoms with Gasteiger partial charge in [-0.25, -0.2) is 0 Å². The van der Waals surface area contributed by atoms with Gasteiger partial charge < -0.3 is 4.42 Å². The Hall–Kier alpha value is -3.03. The minimum absolute atomic E-state index is 0.280. The molecule has 8 heteroatoms. The zero-order valence-electron chi connectivity index (χ0n) is 12.5. The van der Waals surface area contributed by atoms with Crippen LogP contribution in [0.1, 0.15) is 27.2 Å². The van der Waals surface area contributed by atoms with Crippen LogP contribution in [0.2, 0.25) is 0 Å². The number of nitrogens with one attached hydrogen (secondary N) is 2. The molecule has 0 fully saturated rings. The van der Waals surface area contributed by atoms with E-state index in [0.717, 1.165) is 18.2 Å². The number of halogens is 3. The van der Waals surface area contributed by atoms with Gasteiger partial charge in [0.2, 0.25) is 0 Å². The minimum atomic E-state index is -4.41. The molecule has 1 aromatic carbocycles. The number of hydrogen-bond donors (Lipinski definition) is 2. The van der Waals surface area contributed by atoms with E-state index in [0.29, 0.717) is 11.3 Å². The lowest BCUT2D eigenvalue weighted by Gasteiger charge is -2.06. The van der Waals surface area contributed by atoms with Gasteiger partial charge in [-0.1, -0.05) is 12.1 Å². The van der Waals surface area contributed by atoms with E-state index in [1.807, 2.05) is 0 Å². The Kier molecular flexibility index (Phi) is 5.08. The molecule has 24 heavy (non-hydrogen) atoms. The molecule has 0 unspecified atom stereocenters. The molecule has 0 radical (unpaired) electrons. The standard InChI is InChI=1S/C16H13F3N2O3/c1-10-13(8-9-24-10)15(23)21-20-14(22)7-4-11-2-5-12(6-3-11)16(17,18)19/h2-9H,1H3,(H,20,22)(H,21,23)/b7-4+. The molecule has 1 aromatic heterocycles. The number of hydrazine groups is 1. The first-order valence-electron chi connectivity index (χ1n) is 6.77. The van der Waals surface area contributed by atoms with E-state index >= 15 is 0 Å². The number of carbonyl (C=O) groups is 2. The monoisotopic (exact) mass is 338 g/mol. The average molecular weight is 338 g/mol. The van der Waals surface area contributed by atoms with E-state index in [2.05, 4.69) is 10.9 Å². The van der Waals surface area contributed by atoms with E-state index in [-0.39, 0.29) is 5.56 Å². The van der Waals surface area contributed by atoms with Crippen LogP contribution >= 0.6 is 0 Å². The highest BCUT2D eigenvalue weighted by atomic mass is 19.4.